The number of thiophene rings is 1. The average molecular weight is 343 g/mol. The minimum Gasteiger partial charge on any atom is -0.497 e. The highest BCUT2D eigenvalue weighted by molar-refractivity contribution is 7.10. The van der Waals surface area contributed by atoms with Crippen molar-refractivity contribution < 1.29 is 9.53 Å². The molecular weight excluding hydrogens is 318 g/mol. The van der Waals surface area contributed by atoms with E-state index in [2.05, 4.69) is 26.1 Å². The van der Waals surface area contributed by atoms with Crippen molar-refractivity contribution in [1.82, 2.24) is 0 Å². The Kier molecular flexibility index (Phi) is 4.68. The Bertz CT molecular complexity index is 742. The van der Waals surface area contributed by atoms with Crippen LogP contribution >= 0.6 is 11.3 Å². The number of nitrogens with one attached hydrogen (secondary N) is 1. The number of amides is 1. The van der Waals surface area contributed by atoms with E-state index in [0.29, 0.717) is 11.3 Å². The van der Waals surface area contributed by atoms with Gasteiger partial charge in [0.15, 0.2) is 0 Å². The summed E-state index contributed by atoms with van der Waals surface area (Å²) >= 11 is 1.73. The second-order valence-corrected chi connectivity index (χ2v) is 8.51. The molecule has 0 aliphatic heterocycles. The molecule has 1 aliphatic rings. The molecule has 1 N–H and O–H groups in total. The first-order valence-electron chi connectivity index (χ1n) is 8.43. The Morgan fingerprint density at radius 3 is 2.83 bits per heavy atom. The lowest BCUT2D eigenvalue weighted by atomic mass is 9.72. The quantitative estimate of drug-likeness (QED) is 0.836. The van der Waals surface area contributed by atoms with Crippen molar-refractivity contribution in [3.8, 4) is 5.75 Å². The number of anilines is 1. The summed E-state index contributed by atoms with van der Waals surface area (Å²) in [6, 6.07) is 7.47. The van der Waals surface area contributed by atoms with Crippen molar-refractivity contribution in [3.05, 3.63) is 45.6 Å². The smallest absolute Gasteiger partial charge is 0.256 e. The predicted octanol–water partition coefficient (Wildman–Crippen LogP) is 5.16. The molecule has 0 spiro atoms. The van der Waals surface area contributed by atoms with E-state index in [1.54, 1.807) is 18.4 Å². The van der Waals surface area contributed by atoms with Gasteiger partial charge in [-0.3, -0.25) is 4.79 Å². The van der Waals surface area contributed by atoms with Gasteiger partial charge in [-0.05, 0) is 48.3 Å². The first-order chi connectivity index (χ1) is 11.4. The van der Waals surface area contributed by atoms with Crippen molar-refractivity contribution >= 4 is 22.9 Å². The summed E-state index contributed by atoms with van der Waals surface area (Å²) in [5.74, 6) is 1.42. The molecule has 0 radical (unpaired) electrons. The van der Waals surface area contributed by atoms with Crippen LogP contribution in [0.1, 0.15) is 48.0 Å². The summed E-state index contributed by atoms with van der Waals surface area (Å²) in [6.45, 7) is 6.94. The Hall–Kier alpha value is -1.81. The first kappa shape index (κ1) is 17.0. The third-order valence-electron chi connectivity index (χ3n) is 4.95. The summed E-state index contributed by atoms with van der Waals surface area (Å²) in [7, 11) is 1.63. The van der Waals surface area contributed by atoms with Crippen LogP contribution in [0.3, 0.4) is 0 Å². The molecule has 0 fully saturated rings. The Labute approximate surface area is 148 Å². The summed E-state index contributed by atoms with van der Waals surface area (Å²) < 4.78 is 5.21. The van der Waals surface area contributed by atoms with Gasteiger partial charge in [-0.1, -0.05) is 26.8 Å². The number of benzene rings is 1. The molecule has 0 saturated carbocycles. The lowest BCUT2D eigenvalue weighted by Crippen LogP contribution is -2.27. The Morgan fingerprint density at radius 2 is 2.12 bits per heavy atom. The maximum absolute atomic E-state index is 12.7. The van der Waals surface area contributed by atoms with Crippen LogP contribution in [0, 0.1) is 11.3 Å². The zero-order valence-electron chi connectivity index (χ0n) is 14.8. The van der Waals surface area contributed by atoms with Gasteiger partial charge in [0.05, 0.1) is 12.7 Å². The van der Waals surface area contributed by atoms with E-state index >= 15 is 0 Å². The van der Waals surface area contributed by atoms with Crippen LogP contribution in [-0.2, 0) is 12.8 Å². The molecule has 1 aromatic carbocycles. The highest BCUT2D eigenvalue weighted by atomic mass is 32.1. The van der Waals surface area contributed by atoms with Gasteiger partial charge in [0.25, 0.3) is 5.91 Å². The van der Waals surface area contributed by atoms with Crippen LogP contribution in [0.5, 0.6) is 5.75 Å². The van der Waals surface area contributed by atoms with Gasteiger partial charge in [-0.15, -0.1) is 11.3 Å². The fourth-order valence-corrected chi connectivity index (χ4v) is 4.50. The molecule has 1 aromatic heterocycles. The molecular formula is C20H25NO2S. The minimum absolute atomic E-state index is 0.0186. The number of ether oxygens (including phenoxy) is 1. The van der Waals surface area contributed by atoms with E-state index in [1.807, 2.05) is 29.6 Å². The van der Waals surface area contributed by atoms with E-state index < -0.39 is 0 Å². The van der Waals surface area contributed by atoms with Crippen molar-refractivity contribution in [2.24, 2.45) is 11.3 Å². The lowest BCUT2D eigenvalue weighted by Gasteiger charge is -2.34. The third kappa shape index (κ3) is 3.48. The monoisotopic (exact) mass is 343 g/mol. The van der Waals surface area contributed by atoms with Gasteiger partial charge < -0.3 is 10.1 Å². The maximum atomic E-state index is 12.7. The van der Waals surface area contributed by atoms with Gasteiger partial charge in [0.1, 0.15) is 5.75 Å². The standard InChI is InChI=1S/C20H25NO2S/c1-20(2,3)13-8-9-16-17(12-24-18(16)10-13)19(22)21-14-6-5-7-15(11-14)23-4/h5-7,11-13H,8-10H2,1-4H3,(H,21,22). The van der Waals surface area contributed by atoms with Crippen molar-refractivity contribution in [2.45, 2.75) is 40.0 Å². The molecule has 3 rings (SSSR count). The fourth-order valence-electron chi connectivity index (χ4n) is 3.34. The van der Waals surface area contributed by atoms with Crippen molar-refractivity contribution in [1.29, 1.82) is 0 Å². The zero-order valence-corrected chi connectivity index (χ0v) is 15.6. The molecule has 3 nitrogen and oxygen atoms in total. The van der Waals surface area contributed by atoms with Crippen molar-refractivity contribution in [3.63, 3.8) is 0 Å². The van der Waals surface area contributed by atoms with E-state index in [1.165, 1.54) is 10.4 Å². The summed E-state index contributed by atoms with van der Waals surface area (Å²) in [4.78, 5) is 14.1. The molecule has 24 heavy (non-hydrogen) atoms. The number of hydrogen-bond acceptors (Lipinski definition) is 3. The molecule has 4 heteroatoms. The SMILES string of the molecule is COc1cccc(NC(=O)c2csc3c2CCC(C(C)(C)C)C3)c1. The number of carbonyl (C=O) groups is 1. The van der Waals surface area contributed by atoms with E-state index in [9.17, 15) is 4.79 Å². The normalized spacial score (nSPS) is 17.2. The van der Waals surface area contributed by atoms with E-state index in [0.717, 1.165) is 36.3 Å². The first-order valence-corrected chi connectivity index (χ1v) is 9.31. The molecule has 2 aromatic rings. The highest BCUT2D eigenvalue weighted by Crippen LogP contribution is 2.40. The number of rotatable bonds is 3. The van der Waals surface area contributed by atoms with Crippen LogP contribution in [0.2, 0.25) is 0 Å². The molecule has 1 atom stereocenters. The van der Waals surface area contributed by atoms with Crippen molar-refractivity contribution in [2.75, 3.05) is 12.4 Å². The third-order valence-corrected chi connectivity index (χ3v) is 6.00. The van der Waals surface area contributed by atoms with Gasteiger partial charge >= 0.3 is 0 Å². The molecule has 1 unspecified atom stereocenters. The summed E-state index contributed by atoms with van der Waals surface area (Å²) in [5.41, 5.74) is 3.18. The molecule has 0 saturated heterocycles. The van der Waals surface area contributed by atoms with E-state index in [4.69, 9.17) is 4.74 Å². The summed E-state index contributed by atoms with van der Waals surface area (Å²) in [5, 5.41) is 5.02. The topological polar surface area (TPSA) is 38.3 Å². The number of hydrogen-bond donors (Lipinski definition) is 1. The molecule has 128 valence electrons. The molecule has 1 aliphatic carbocycles. The Balaban J connectivity index is 1.77. The summed E-state index contributed by atoms with van der Waals surface area (Å²) in [6.07, 6.45) is 3.25. The zero-order chi connectivity index (χ0) is 17.3. The van der Waals surface area contributed by atoms with Gasteiger partial charge in [0.2, 0.25) is 0 Å². The van der Waals surface area contributed by atoms with Crippen LogP contribution in [0.15, 0.2) is 29.6 Å². The number of fused-ring (bicyclic) bond motifs is 1. The second kappa shape index (κ2) is 6.60. The average Bonchev–Trinajstić information content (AvgIpc) is 2.97. The largest absolute Gasteiger partial charge is 0.497 e. The molecule has 1 heterocycles. The number of methoxy groups -OCH3 is 1. The van der Waals surface area contributed by atoms with Crippen LogP contribution in [-0.4, -0.2) is 13.0 Å². The highest BCUT2D eigenvalue weighted by Gasteiger charge is 2.31. The van der Waals surface area contributed by atoms with Gasteiger partial charge in [-0.2, -0.15) is 0 Å². The van der Waals surface area contributed by atoms with Crippen LogP contribution in [0.25, 0.3) is 0 Å². The second-order valence-electron chi connectivity index (χ2n) is 7.54. The van der Waals surface area contributed by atoms with E-state index in [-0.39, 0.29) is 5.91 Å². The minimum atomic E-state index is -0.0186. The fraction of sp³-hybridized carbons (Fsp3) is 0.450. The lowest BCUT2D eigenvalue weighted by molar-refractivity contribution is 0.102. The van der Waals surface area contributed by atoms with Crippen LogP contribution < -0.4 is 10.1 Å². The van der Waals surface area contributed by atoms with Gasteiger partial charge in [-0.25, -0.2) is 0 Å². The molecule has 0 bridgehead atoms. The maximum Gasteiger partial charge on any atom is 0.256 e. The van der Waals surface area contributed by atoms with Gasteiger partial charge in [0, 0.05) is 22.0 Å². The Morgan fingerprint density at radius 1 is 1.33 bits per heavy atom. The predicted molar refractivity (Wildman–Crippen MR) is 100 cm³/mol. The van der Waals surface area contributed by atoms with Crippen LogP contribution in [0.4, 0.5) is 5.69 Å². The number of carbonyl (C=O) groups excluding carboxylic acids is 1. The molecule has 1 amide bonds.